The fourth-order valence-corrected chi connectivity index (χ4v) is 2.13. The van der Waals surface area contributed by atoms with Gasteiger partial charge in [0.1, 0.15) is 17.9 Å². The molecule has 0 aliphatic carbocycles. The van der Waals surface area contributed by atoms with Crippen molar-refractivity contribution >= 4 is 34.0 Å². The van der Waals surface area contributed by atoms with E-state index in [1.165, 1.54) is 12.1 Å². The lowest BCUT2D eigenvalue weighted by atomic mass is 10.0. The Morgan fingerprint density at radius 3 is 2.57 bits per heavy atom. The summed E-state index contributed by atoms with van der Waals surface area (Å²) < 4.78 is 5.45. The van der Waals surface area contributed by atoms with Crippen LogP contribution in [0.3, 0.4) is 0 Å². The number of hydrogen-bond acceptors (Lipinski definition) is 4. The molecule has 0 saturated heterocycles. The van der Waals surface area contributed by atoms with Crippen molar-refractivity contribution in [3.8, 4) is 5.75 Å². The number of carboxylic acid groups (broad SMARTS) is 1. The Morgan fingerprint density at radius 1 is 1.33 bits per heavy atom. The van der Waals surface area contributed by atoms with Crippen LogP contribution in [0.2, 0.25) is 0 Å². The molecule has 2 aromatic carbocycles. The van der Waals surface area contributed by atoms with Crippen LogP contribution in [0.25, 0.3) is 10.8 Å². The van der Waals surface area contributed by atoms with Crippen molar-refractivity contribution < 1.29 is 19.6 Å². The number of nitro groups is 1. The molecule has 0 bridgehead atoms. The maximum absolute atomic E-state index is 11.1. The van der Waals surface area contributed by atoms with E-state index in [2.05, 4.69) is 0 Å². The highest BCUT2D eigenvalue weighted by Gasteiger charge is 2.21. The number of fused-ring (bicyclic) bond motifs is 1. The fourth-order valence-electron chi connectivity index (χ4n) is 2.06. The molecule has 0 radical (unpaired) electrons. The van der Waals surface area contributed by atoms with Crippen molar-refractivity contribution in [3.63, 3.8) is 0 Å². The normalized spacial score (nSPS) is 10.6. The molecule has 21 heavy (non-hydrogen) atoms. The first-order valence-electron chi connectivity index (χ1n) is 6.09. The van der Waals surface area contributed by atoms with Crippen LogP contribution >= 0.6 is 11.6 Å². The zero-order valence-corrected chi connectivity index (χ0v) is 11.9. The molecule has 2 rings (SSSR count). The van der Waals surface area contributed by atoms with Gasteiger partial charge in [0.05, 0.1) is 10.8 Å². The molecule has 0 aliphatic heterocycles. The summed E-state index contributed by atoms with van der Waals surface area (Å²) in [5.41, 5.74) is 0.0290. The van der Waals surface area contributed by atoms with Gasteiger partial charge in [0, 0.05) is 6.07 Å². The number of alkyl halides is 1. The van der Waals surface area contributed by atoms with E-state index in [0.29, 0.717) is 29.0 Å². The molecule has 2 aromatic rings. The van der Waals surface area contributed by atoms with Gasteiger partial charge in [0.2, 0.25) is 0 Å². The van der Waals surface area contributed by atoms with Gasteiger partial charge in [-0.2, -0.15) is 0 Å². The number of aromatic carboxylic acids is 1. The first-order chi connectivity index (χ1) is 9.93. The number of ether oxygens (including phenoxy) is 1. The summed E-state index contributed by atoms with van der Waals surface area (Å²) in [6, 6.07) is 5.92. The van der Waals surface area contributed by atoms with Gasteiger partial charge in [-0.15, -0.1) is 11.6 Å². The molecule has 6 nitrogen and oxygen atoms in total. The van der Waals surface area contributed by atoms with Gasteiger partial charge in [0.25, 0.3) is 5.69 Å². The monoisotopic (exact) mass is 309 g/mol. The Morgan fingerprint density at radius 2 is 2.00 bits per heavy atom. The van der Waals surface area contributed by atoms with E-state index >= 15 is 0 Å². The zero-order chi connectivity index (χ0) is 15.6. The van der Waals surface area contributed by atoms with Gasteiger partial charge < -0.3 is 9.84 Å². The minimum Gasteiger partial charge on any atom is -0.492 e. The molecule has 0 saturated carbocycles. The largest absolute Gasteiger partial charge is 0.492 e. The minimum atomic E-state index is -1.33. The van der Waals surface area contributed by atoms with E-state index < -0.39 is 16.6 Å². The fraction of sp³-hybridized carbons (Fsp3) is 0.214. The van der Waals surface area contributed by atoms with Crippen LogP contribution in [0.5, 0.6) is 5.75 Å². The first kappa shape index (κ1) is 15.1. The van der Waals surface area contributed by atoms with Crippen molar-refractivity contribution in [2.24, 2.45) is 0 Å². The molecule has 1 N–H and O–H groups in total. The van der Waals surface area contributed by atoms with Crippen LogP contribution in [0.4, 0.5) is 5.69 Å². The lowest BCUT2D eigenvalue weighted by molar-refractivity contribution is -0.385. The van der Waals surface area contributed by atoms with Gasteiger partial charge >= 0.3 is 5.97 Å². The second kappa shape index (κ2) is 5.97. The topological polar surface area (TPSA) is 89.7 Å². The van der Waals surface area contributed by atoms with E-state index in [4.69, 9.17) is 21.4 Å². The van der Waals surface area contributed by atoms with Crippen molar-refractivity contribution in [1.29, 1.82) is 0 Å². The molecule has 0 spiro atoms. The van der Waals surface area contributed by atoms with Crippen LogP contribution in [0.15, 0.2) is 24.3 Å². The number of benzene rings is 2. The van der Waals surface area contributed by atoms with Gasteiger partial charge in [-0.3, -0.25) is 10.1 Å². The standard InChI is InChI=1S/C14H12ClNO5/c1-8-4-9-5-11(14(17)18)12(16(19)20)6-10(9)7-13(8)21-3-2-15/h4-7H,2-3H2,1H3,(H,17,18). The second-order valence-electron chi connectivity index (χ2n) is 4.43. The van der Waals surface area contributed by atoms with Gasteiger partial charge in [-0.25, -0.2) is 4.79 Å². The summed E-state index contributed by atoms with van der Waals surface area (Å²) in [5.74, 6) is -0.431. The maximum atomic E-state index is 11.1. The highest BCUT2D eigenvalue weighted by Crippen LogP contribution is 2.31. The number of nitro benzene ring substituents is 1. The lowest BCUT2D eigenvalue weighted by Crippen LogP contribution is -2.03. The zero-order valence-electron chi connectivity index (χ0n) is 11.1. The van der Waals surface area contributed by atoms with Crippen molar-refractivity contribution in [2.45, 2.75) is 6.92 Å². The third kappa shape index (κ3) is 3.05. The lowest BCUT2D eigenvalue weighted by Gasteiger charge is -2.10. The van der Waals surface area contributed by atoms with Crippen LogP contribution in [-0.4, -0.2) is 28.5 Å². The number of carboxylic acids is 1. The van der Waals surface area contributed by atoms with Gasteiger partial charge in [-0.1, -0.05) is 0 Å². The third-order valence-electron chi connectivity index (χ3n) is 3.01. The van der Waals surface area contributed by atoms with E-state index in [1.807, 2.05) is 6.92 Å². The number of aryl methyl sites for hydroxylation is 1. The molecule has 0 amide bonds. The highest BCUT2D eigenvalue weighted by atomic mass is 35.5. The van der Waals surface area contributed by atoms with Crippen LogP contribution < -0.4 is 4.74 Å². The quantitative estimate of drug-likeness (QED) is 0.519. The molecule has 110 valence electrons. The molecule has 0 fully saturated rings. The molecular weight excluding hydrogens is 298 g/mol. The van der Waals surface area contributed by atoms with E-state index in [0.717, 1.165) is 5.56 Å². The maximum Gasteiger partial charge on any atom is 0.342 e. The Balaban J connectivity index is 2.64. The molecule has 7 heteroatoms. The number of nitrogens with zero attached hydrogens (tertiary/aromatic N) is 1. The van der Waals surface area contributed by atoms with Crippen LogP contribution in [0, 0.1) is 17.0 Å². The molecule has 0 atom stereocenters. The summed E-state index contributed by atoms with van der Waals surface area (Å²) in [5, 5.41) is 21.2. The van der Waals surface area contributed by atoms with Crippen LogP contribution in [-0.2, 0) is 0 Å². The average molecular weight is 310 g/mol. The summed E-state index contributed by atoms with van der Waals surface area (Å²) in [4.78, 5) is 21.4. The predicted molar refractivity (Wildman–Crippen MR) is 78.5 cm³/mol. The summed E-state index contributed by atoms with van der Waals surface area (Å²) in [6.45, 7) is 2.13. The molecule has 0 heterocycles. The molecule has 0 unspecified atom stereocenters. The Bertz CT molecular complexity index is 729. The molecule has 0 aliphatic rings. The van der Waals surface area contributed by atoms with Gasteiger partial charge in [0.15, 0.2) is 0 Å². The number of rotatable bonds is 5. The minimum absolute atomic E-state index is 0.323. The second-order valence-corrected chi connectivity index (χ2v) is 4.81. The molecular formula is C14H12ClNO5. The Hall–Kier alpha value is -2.34. The van der Waals surface area contributed by atoms with E-state index in [-0.39, 0.29) is 5.56 Å². The smallest absolute Gasteiger partial charge is 0.342 e. The highest BCUT2D eigenvalue weighted by molar-refractivity contribution is 6.18. The number of carbonyl (C=O) groups is 1. The van der Waals surface area contributed by atoms with Crippen LogP contribution in [0.1, 0.15) is 15.9 Å². The molecule has 0 aromatic heterocycles. The SMILES string of the molecule is Cc1cc2cc(C(=O)O)c([N+](=O)[O-])cc2cc1OCCCl. The van der Waals surface area contributed by atoms with Crippen molar-refractivity contribution in [2.75, 3.05) is 12.5 Å². The predicted octanol–water partition coefficient (Wildman–Crippen LogP) is 3.37. The Kier molecular flexibility index (Phi) is 4.28. The number of halogens is 1. The number of hydrogen-bond donors (Lipinski definition) is 1. The van der Waals surface area contributed by atoms with Gasteiger partial charge in [-0.05, 0) is 41.5 Å². The van der Waals surface area contributed by atoms with E-state index in [9.17, 15) is 14.9 Å². The van der Waals surface area contributed by atoms with E-state index in [1.54, 1.807) is 12.1 Å². The first-order valence-corrected chi connectivity index (χ1v) is 6.62. The summed E-state index contributed by atoms with van der Waals surface area (Å²) in [6.07, 6.45) is 0. The Labute approximate surface area is 125 Å². The van der Waals surface area contributed by atoms with Crippen molar-refractivity contribution in [3.05, 3.63) is 45.5 Å². The summed E-state index contributed by atoms with van der Waals surface area (Å²) in [7, 11) is 0. The van der Waals surface area contributed by atoms with Crippen molar-refractivity contribution in [1.82, 2.24) is 0 Å². The summed E-state index contributed by atoms with van der Waals surface area (Å²) >= 11 is 5.56. The average Bonchev–Trinajstić information content (AvgIpc) is 2.43. The third-order valence-corrected chi connectivity index (χ3v) is 3.16.